The van der Waals surface area contributed by atoms with Crippen LogP contribution < -0.4 is 4.74 Å². The van der Waals surface area contributed by atoms with Crippen molar-refractivity contribution in [2.24, 2.45) is 0 Å². The largest absolute Gasteiger partial charge is 0.475 e. The number of ether oxygens (including phenoxy) is 2. The van der Waals surface area contributed by atoms with Gasteiger partial charge in [0, 0.05) is 25.3 Å². The lowest BCUT2D eigenvalue weighted by Gasteiger charge is -2.41. The van der Waals surface area contributed by atoms with Gasteiger partial charge in [-0.1, -0.05) is 103 Å². The number of hydrogen-bond donors (Lipinski definition) is 0. The Bertz CT molecular complexity index is 782. The van der Waals surface area contributed by atoms with Gasteiger partial charge in [0.15, 0.2) is 0 Å². The molecular formula is C30H54N3O3S+. The maximum atomic E-state index is 12.6. The molecule has 2 atom stereocenters. The molecule has 0 bridgehead atoms. The lowest BCUT2D eigenvalue weighted by atomic mass is 10.0. The Morgan fingerprint density at radius 2 is 1.51 bits per heavy atom. The van der Waals surface area contributed by atoms with E-state index in [1.54, 1.807) is 0 Å². The maximum absolute atomic E-state index is 12.6. The first kappa shape index (κ1) is 31.7. The number of likely N-dealkylation sites (N-methyl/N-ethyl adjacent to an activating group) is 1. The van der Waals surface area contributed by atoms with Crippen LogP contribution in [0.15, 0.2) is 6.08 Å². The van der Waals surface area contributed by atoms with Gasteiger partial charge in [-0.2, -0.15) is 4.37 Å². The van der Waals surface area contributed by atoms with E-state index in [9.17, 15) is 4.79 Å². The van der Waals surface area contributed by atoms with Gasteiger partial charge >= 0.3 is 5.97 Å². The highest BCUT2D eigenvalue weighted by molar-refractivity contribution is 6.99. The molecule has 1 aromatic heterocycles. The summed E-state index contributed by atoms with van der Waals surface area (Å²) in [4.78, 5) is 12.6. The summed E-state index contributed by atoms with van der Waals surface area (Å²) in [6.07, 6.45) is 22.3. The number of unbranched alkanes of at least 4 members (excludes halogenated alkanes) is 13. The molecule has 0 spiro atoms. The van der Waals surface area contributed by atoms with E-state index in [0.29, 0.717) is 23.4 Å². The molecule has 0 N–H and O–H groups in total. The number of aromatic nitrogens is 2. The van der Waals surface area contributed by atoms with Crippen LogP contribution in [0.5, 0.6) is 5.88 Å². The van der Waals surface area contributed by atoms with Crippen LogP contribution in [0.1, 0.15) is 136 Å². The van der Waals surface area contributed by atoms with Gasteiger partial charge in [-0.05, 0) is 12.8 Å². The number of quaternary nitrogens is 1. The molecular weight excluding hydrogens is 482 g/mol. The van der Waals surface area contributed by atoms with Crippen LogP contribution >= 0.6 is 11.7 Å². The predicted molar refractivity (Wildman–Crippen MR) is 155 cm³/mol. The molecule has 1 aliphatic rings. The standard InChI is InChI=1S/C30H54N3O3S/c1-5-7-9-11-12-13-14-15-16-17-18-22-28(34)36-26(3)33(4)23-20-21-27(25-33)29-30(32-37-31-29)35-24-19-10-8-6-2/h21,26H,5-20,22-25H2,1-4H3/q+1. The molecule has 0 aromatic carbocycles. The van der Waals surface area contributed by atoms with Crippen LogP contribution in [0.3, 0.4) is 0 Å². The van der Waals surface area contributed by atoms with E-state index in [1.807, 2.05) is 6.92 Å². The highest BCUT2D eigenvalue weighted by Crippen LogP contribution is 2.31. The van der Waals surface area contributed by atoms with Crippen LogP contribution in [0.4, 0.5) is 0 Å². The van der Waals surface area contributed by atoms with Crippen molar-refractivity contribution in [1.82, 2.24) is 8.75 Å². The number of nitrogens with zero attached hydrogens (tertiary/aromatic N) is 3. The van der Waals surface area contributed by atoms with Crippen molar-refractivity contribution in [3.05, 3.63) is 11.8 Å². The first-order chi connectivity index (χ1) is 18.0. The summed E-state index contributed by atoms with van der Waals surface area (Å²) < 4.78 is 21.5. The summed E-state index contributed by atoms with van der Waals surface area (Å²) in [6, 6.07) is 0. The lowest BCUT2D eigenvalue weighted by Crippen LogP contribution is -2.55. The van der Waals surface area contributed by atoms with E-state index in [0.717, 1.165) is 50.0 Å². The summed E-state index contributed by atoms with van der Waals surface area (Å²) in [5.74, 6) is 0.590. The van der Waals surface area contributed by atoms with Crippen molar-refractivity contribution >= 4 is 23.3 Å². The lowest BCUT2D eigenvalue weighted by molar-refractivity contribution is -0.944. The van der Waals surface area contributed by atoms with Gasteiger partial charge in [0.25, 0.3) is 5.88 Å². The monoisotopic (exact) mass is 536 g/mol. The highest BCUT2D eigenvalue weighted by atomic mass is 32.1. The number of rotatable bonds is 21. The van der Waals surface area contributed by atoms with Gasteiger partial charge < -0.3 is 9.47 Å². The highest BCUT2D eigenvalue weighted by Gasteiger charge is 2.36. The SMILES string of the molecule is CCCCCCCCCCCCCC(=O)OC(C)[N+]1(C)CCC=C(c2nsnc2OCCCCCC)C1. The Labute approximate surface area is 231 Å². The van der Waals surface area contributed by atoms with E-state index in [2.05, 4.69) is 35.7 Å². The van der Waals surface area contributed by atoms with E-state index >= 15 is 0 Å². The Morgan fingerprint density at radius 3 is 2.16 bits per heavy atom. The summed E-state index contributed by atoms with van der Waals surface area (Å²) >= 11 is 1.21. The van der Waals surface area contributed by atoms with Crippen molar-refractivity contribution in [3.8, 4) is 5.88 Å². The van der Waals surface area contributed by atoms with Crippen LogP contribution in [-0.4, -0.2) is 52.2 Å². The van der Waals surface area contributed by atoms with E-state index in [4.69, 9.17) is 9.47 Å². The molecule has 2 heterocycles. The van der Waals surface area contributed by atoms with E-state index < -0.39 is 0 Å². The molecule has 1 aromatic rings. The molecule has 0 radical (unpaired) electrons. The quantitative estimate of drug-likeness (QED) is 0.0898. The molecule has 0 aliphatic carbocycles. The van der Waals surface area contributed by atoms with Crippen molar-refractivity contribution in [3.63, 3.8) is 0 Å². The zero-order valence-electron chi connectivity index (χ0n) is 24.3. The fourth-order valence-electron chi connectivity index (χ4n) is 5.03. The van der Waals surface area contributed by atoms with Gasteiger partial charge in [-0.3, -0.25) is 9.28 Å². The zero-order valence-corrected chi connectivity index (χ0v) is 25.1. The molecule has 7 heteroatoms. The summed E-state index contributed by atoms with van der Waals surface area (Å²) in [7, 11) is 2.18. The van der Waals surface area contributed by atoms with Crippen molar-refractivity contribution in [2.45, 2.75) is 136 Å². The summed E-state index contributed by atoms with van der Waals surface area (Å²) in [6.45, 7) is 8.91. The molecule has 0 amide bonds. The Hall–Kier alpha value is -1.47. The third-order valence-corrected chi connectivity index (χ3v) is 8.24. The van der Waals surface area contributed by atoms with Crippen molar-refractivity contribution in [1.29, 1.82) is 0 Å². The van der Waals surface area contributed by atoms with E-state index in [-0.39, 0.29) is 12.2 Å². The summed E-state index contributed by atoms with van der Waals surface area (Å²) in [5, 5.41) is 0. The molecule has 2 unspecified atom stereocenters. The van der Waals surface area contributed by atoms with Crippen LogP contribution in [0, 0.1) is 0 Å². The maximum Gasteiger partial charge on any atom is 0.310 e. The Morgan fingerprint density at radius 1 is 0.919 bits per heavy atom. The van der Waals surface area contributed by atoms with Gasteiger partial charge in [-0.25, -0.2) is 0 Å². The summed E-state index contributed by atoms with van der Waals surface area (Å²) in [5.41, 5.74) is 2.02. The number of esters is 1. The third-order valence-electron chi connectivity index (χ3n) is 7.73. The van der Waals surface area contributed by atoms with Gasteiger partial charge in [-0.15, -0.1) is 4.37 Å². The third kappa shape index (κ3) is 12.3. The van der Waals surface area contributed by atoms with Gasteiger partial charge in [0.2, 0.25) is 6.23 Å². The molecule has 1 aliphatic heterocycles. The fraction of sp³-hybridized carbons (Fsp3) is 0.833. The Kier molecular flexibility index (Phi) is 16.1. The Balaban J connectivity index is 1.67. The van der Waals surface area contributed by atoms with E-state index in [1.165, 1.54) is 88.8 Å². The zero-order chi connectivity index (χ0) is 26.8. The topological polar surface area (TPSA) is 61.3 Å². The second-order valence-electron chi connectivity index (χ2n) is 11.1. The first-order valence-corrected chi connectivity index (χ1v) is 15.9. The molecule has 0 fully saturated rings. The van der Waals surface area contributed by atoms with Crippen LogP contribution in [0.2, 0.25) is 0 Å². The van der Waals surface area contributed by atoms with Crippen LogP contribution in [0.25, 0.3) is 5.57 Å². The second kappa shape index (κ2) is 18.7. The minimum atomic E-state index is -0.186. The molecule has 0 saturated carbocycles. The predicted octanol–water partition coefficient (Wildman–Crippen LogP) is 8.32. The van der Waals surface area contributed by atoms with Crippen molar-refractivity contribution < 1.29 is 18.8 Å². The van der Waals surface area contributed by atoms with Gasteiger partial charge in [0.1, 0.15) is 12.2 Å². The smallest absolute Gasteiger partial charge is 0.310 e. The van der Waals surface area contributed by atoms with Crippen molar-refractivity contribution in [2.75, 3.05) is 26.7 Å². The number of carbonyl (C=O) groups excluding carboxylic acids is 1. The fourth-order valence-corrected chi connectivity index (χ4v) is 5.56. The minimum absolute atomic E-state index is 0.0645. The van der Waals surface area contributed by atoms with Crippen LogP contribution in [-0.2, 0) is 9.53 Å². The number of hydrogen-bond acceptors (Lipinski definition) is 6. The average molecular weight is 537 g/mol. The molecule has 6 nitrogen and oxygen atoms in total. The van der Waals surface area contributed by atoms with Gasteiger partial charge in [0.05, 0.1) is 31.9 Å². The molecule has 0 saturated heterocycles. The molecule has 37 heavy (non-hydrogen) atoms. The average Bonchev–Trinajstić information content (AvgIpc) is 3.36. The normalized spacial score (nSPS) is 18.4. The first-order valence-electron chi connectivity index (χ1n) is 15.2. The molecule has 212 valence electrons. The number of carbonyl (C=O) groups is 1. The molecule has 2 rings (SSSR count). The minimum Gasteiger partial charge on any atom is -0.475 e. The second-order valence-corrected chi connectivity index (χ2v) is 11.6.